The van der Waals surface area contributed by atoms with Crippen molar-refractivity contribution in [3.8, 4) is 11.5 Å². The molecule has 0 spiro atoms. The molecule has 0 unspecified atom stereocenters. The summed E-state index contributed by atoms with van der Waals surface area (Å²) in [5.41, 5.74) is 4.76. The predicted molar refractivity (Wildman–Crippen MR) is 81.1 cm³/mol. The number of amides is 1. The summed E-state index contributed by atoms with van der Waals surface area (Å²) in [6.07, 6.45) is 1.08. The van der Waals surface area contributed by atoms with E-state index in [1.165, 1.54) is 19.2 Å². The summed E-state index contributed by atoms with van der Waals surface area (Å²) in [5, 5.41) is 10.5. The Morgan fingerprint density at radius 3 is 2.74 bits per heavy atom. The largest absolute Gasteiger partial charge is 0.497 e. The third kappa shape index (κ3) is 4.84. The first-order valence-corrected chi connectivity index (χ1v) is 6.50. The average Bonchev–Trinajstić information content (AvgIpc) is 2.58. The lowest BCUT2D eigenvalue weighted by atomic mass is 10.3. The smallest absolute Gasteiger partial charge is 0.287 e. The second kappa shape index (κ2) is 7.59. The Morgan fingerprint density at radius 2 is 2.09 bits per heavy atom. The van der Waals surface area contributed by atoms with Crippen LogP contribution in [0.2, 0.25) is 0 Å². The molecule has 120 valence electrons. The summed E-state index contributed by atoms with van der Waals surface area (Å²) in [4.78, 5) is 25.4. The van der Waals surface area contributed by atoms with E-state index in [1.807, 2.05) is 0 Å². The van der Waals surface area contributed by atoms with Crippen LogP contribution in [0.5, 0.6) is 11.5 Å². The quantitative estimate of drug-likeness (QED) is 0.587. The van der Waals surface area contributed by atoms with E-state index in [1.54, 1.807) is 24.3 Å². The first-order valence-electron chi connectivity index (χ1n) is 6.50. The van der Waals surface area contributed by atoms with Crippen molar-refractivity contribution in [2.24, 2.45) is 0 Å². The van der Waals surface area contributed by atoms with Crippen LogP contribution in [0.1, 0.15) is 0 Å². The minimum absolute atomic E-state index is 0.136. The number of ether oxygens (including phenoxy) is 2. The monoisotopic (exact) mass is 318 g/mol. The van der Waals surface area contributed by atoms with Gasteiger partial charge in [0.1, 0.15) is 23.5 Å². The van der Waals surface area contributed by atoms with Crippen LogP contribution < -0.4 is 20.3 Å². The molecular weight excluding hydrogens is 304 g/mol. The van der Waals surface area contributed by atoms with Gasteiger partial charge in [0.2, 0.25) is 0 Å². The van der Waals surface area contributed by atoms with Gasteiger partial charge in [-0.15, -0.1) is 0 Å². The fraction of sp³-hybridized carbons (Fsp3) is 0.143. The van der Waals surface area contributed by atoms with E-state index >= 15 is 0 Å². The third-order valence-corrected chi connectivity index (χ3v) is 2.70. The third-order valence-electron chi connectivity index (χ3n) is 2.70. The highest BCUT2D eigenvalue weighted by Crippen LogP contribution is 2.18. The van der Waals surface area contributed by atoms with Crippen molar-refractivity contribution < 1.29 is 19.2 Å². The number of nitro groups is 1. The second-order valence-corrected chi connectivity index (χ2v) is 4.30. The van der Waals surface area contributed by atoms with Crippen LogP contribution in [0.15, 0.2) is 42.6 Å². The number of hydrogen-bond donors (Lipinski definition) is 2. The molecule has 1 amide bonds. The van der Waals surface area contributed by atoms with Gasteiger partial charge in [-0.25, -0.2) is 4.98 Å². The second-order valence-electron chi connectivity index (χ2n) is 4.30. The van der Waals surface area contributed by atoms with Crippen LogP contribution in [0.4, 0.5) is 11.5 Å². The Morgan fingerprint density at radius 1 is 1.30 bits per heavy atom. The van der Waals surface area contributed by atoms with Gasteiger partial charge in [-0.1, -0.05) is 6.07 Å². The zero-order chi connectivity index (χ0) is 16.7. The lowest BCUT2D eigenvalue weighted by Gasteiger charge is -2.09. The molecular formula is C14H14N4O5. The molecule has 23 heavy (non-hydrogen) atoms. The number of hydrogen-bond acceptors (Lipinski definition) is 7. The number of nitrogens with one attached hydrogen (secondary N) is 2. The molecule has 2 aromatic rings. The Hall–Kier alpha value is -3.36. The maximum Gasteiger partial charge on any atom is 0.287 e. The summed E-state index contributed by atoms with van der Waals surface area (Å²) >= 11 is 0. The molecule has 0 aliphatic rings. The van der Waals surface area contributed by atoms with E-state index in [0.717, 1.165) is 6.20 Å². The van der Waals surface area contributed by atoms with Crippen LogP contribution >= 0.6 is 0 Å². The van der Waals surface area contributed by atoms with E-state index in [4.69, 9.17) is 9.47 Å². The minimum Gasteiger partial charge on any atom is -0.497 e. The molecule has 0 atom stereocenters. The molecule has 2 N–H and O–H groups in total. The molecule has 9 nitrogen and oxygen atoms in total. The van der Waals surface area contributed by atoms with Gasteiger partial charge < -0.3 is 9.47 Å². The Labute approximate surface area is 131 Å². The minimum atomic E-state index is -0.558. The standard InChI is InChI=1S/C14H14N4O5/c1-22-11-3-2-4-12(7-11)23-9-14(19)17-16-13-6-5-10(8-15-13)18(20)21/h2-8H,9H2,1H3,(H,15,16)(H,17,19). The molecule has 0 saturated carbocycles. The van der Waals surface area contributed by atoms with Gasteiger partial charge >= 0.3 is 0 Å². The summed E-state index contributed by atoms with van der Waals surface area (Å²) in [7, 11) is 1.53. The number of pyridine rings is 1. The highest BCUT2D eigenvalue weighted by atomic mass is 16.6. The lowest BCUT2D eigenvalue weighted by Crippen LogP contribution is -2.33. The van der Waals surface area contributed by atoms with Crippen molar-refractivity contribution in [1.82, 2.24) is 10.4 Å². The number of anilines is 1. The van der Waals surface area contributed by atoms with Crippen LogP contribution in [0.3, 0.4) is 0 Å². The maximum absolute atomic E-state index is 11.7. The molecule has 0 aliphatic heterocycles. The summed E-state index contributed by atoms with van der Waals surface area (Å²) in [5.74, 6) is 0.947. The van der Waals surface area contributed by atoms with Crippen molar-refractivity contribution >= 4 is 17.4 Å². The van der Waals surface area contributed by atoms with Crippen molar-refractivity contribution in [3.05, 3.63) is 52.7 Å². The van der Waals surface area contributed by atoms with E-state index in [2.05, 4.69) is 15.8 Å². The van der Waals surface area contributed by atoms with Crippen LogP contribution in [0, 0.1) is 10.1 Å². The fourth-order valence-corrected chi connectivity index (χ4v) is 1.58. The number of aromatic nitrogens is 1. The van der Waals surface area contributed by atoms with Gasteiger partial charge in [0.25, 0.3) is 11.6 Å². The Balaban J connectivity index is 1.79. The first kappa shape index (κ1) is 16.0. The molecule has 0 bridgehead atoms. The number of rotatable bonds is 7. The molecule has 1 aromatic heterocycles. The number of methoxy groups -OCH3 is 1. The topological polar surface area (TPSA) is 116 Å². The van der Waals surface area contributed by atoms with Gasteiger partial charge in [0.15, 0.2) is 6.61 Å². The summed E-state index contributed by atoms with van der Waals surface area (Å²) < 4.78 is 10.4. The van der Waals surface area contributed by atoms with E-state index < -0.39 is 10.8 Å². The van der Waals surface area contributed by atoms with Gasteiger partial charge in [-0.2, -0.15) is 0 Å². The van der Waals surface area contributed by atoms with Gasteiger partial charge in [0.05, 0.1) is 12.0 Å². The fourth-order valence-electron chi connectivity index (χ4n) is 1.58. The van der Waals surface area contributed by atoms with Crippen LogP contribution in [0.25, 0.3) is 0 Å². The van der Waals surface area contributed by atoms with Gasteiger partial charge in [0, 0.05) is 12.1 Å². The van der Waals surface area contributed by atoms with Crippen LogP contribution in [-0.2, 0) is 4.79 Å². The normalized spacial score (nSPS) is 9.78. The molecule has 1 aromatic carbocycles. The van der Waals surface area contributed by atoms with Crippen molar-refractivity contribution in [1.29, 1.82) is 0 Å². The molecule has 9 heteroatoms. The Bertz CT molecular complexity index is 690. The molecule has 0 fully saturated rings. The zero-order valence-electron chi connectivity index (χ0n) is 12.2. The summed E-state index contributed by atoms with van der Waals surface area (Å²) in [6, 6.07) is 9.50. The van der Waals surface area contributed by atoms with Crippen molar-refractivity contribution in [2.45, 2.75) is 0 Å². The van der Waals surface area contributed by atoms with Crippen molar-refractivity contribution in [2.75, 3.05) is 19.1 Å². The van der Waals surface area contributed by atoms with Gasteiger partial charge in [-0.05, 0) is 18.2 Å². The predicted octanol–water partition coefficient (Wildman–Crippen LogP) is 1.52. The van der Waals surface area contributed by atoms with E-state index in [9.17, 15) is 14.9 Å². The first-order chi connectivity index (χ1) is 11.1. The zero-order valence-corrected chi connectivity index (χ0v) is 12.2. The molecule has 2 rings (SSSR count). The van der Waals surface area contributed by atoms with E-state index in [0.29, 0.717) is 11.5 Å². The molecule has 0 radical (unpaired) electrons. The van der Waals surface area contributed by atoms with Gasteiger partial charge in [-0.3, -0.25) is 25.8 Å². The highest BCUT2D eigenvalue weighted by Gasteiger charge is 2.07. The SMILES string of the molecule is COc1cccc(OCC(=O)NNc2ccc([N+](=O)[O-])cn2)c1. The number of nitrogens with zero attached hydrogens (tertiary/aromatic N) is 2. The number of carbonyl (C=O) groups excluding carboxylic acids is 1. The van der Waals surface area contributed by atoms with E-state index in [-0.39, 0.29) is 18.1 Å². The maximum atomic E-state index is 11.7. The van der Waals surface area contributed by atoms with Crippen molar-refractivity contribution in [3.63, 3.8) is 0 Å². The number of benzene rings is 1. The average molecular weight is 318 g/mol. The molecule has 0 saturated heterocycles. The Kier molecular flexibility index (Phi) is 5.29. The number of hydrazine groups is 1. The number of carbonyl (C=O) groups is 1. The highest BCUT2D eigenvalue weighted by molar-refractivity contribution is 5.78. The van der Waals surface area contributed by atoms with Crippen LogP contribution in [-0.4, -0.2) is 29.5 Å². The molecule has 1 heterocycles. The summed E-state index contributed by atoms with van der Waals surface area (Å²) in [6.45, 7) is -0.215. The lowest BCUT2D eigenvalue weighted by molar-refractivity contribution is -0.385. The molecule has 0 aliphatic carbocycles.